The van der Waals surface area contributed by atoms with Crippen LogP contribution in [-0.4, -0.2) is 17.9 Å². The van der Waals surface area contributed by atoms with Crippen molar-refractivity contribution < 1.29 is 14.3 Å². The molecule has 1 fully saturated rings. The normalized spacial score (nSPS) is 27.0. The van der Waals surface area contributed by atoms with Gasteiger partial charge in [0.25, 0.3) is 0 Å². The lowest BCUT2D eigenvalue weighted by Crippen LogP contribution is -2.36. The highest BCUT2D eigenvalue weighted by Gasteiger charge is 2.34. The highest BCUT2D eigenvalue weighted by atomic mass is 16.5. The molecule has 2 rings (SSSR count). The molecule has 0 aromatic rings. The van der Waals surface area contributed by atoms with Crippen LogP contribution >= 0.6 is 0 Å². The highest BCUT2D eigenvalue weighted by Crippen LogP contribution is 2.35. The van der Waals surface area contributed by atoms with Crippen molar-refractivity contribution in [1.29, 1.82) is 5.26 Å². The Morgan fingerprint density at radius 1 is 1.26 bits per heavy atom. The van der Waals surface area contributed by atoms with Crippen molar-refractivity contribution in [3.8, 4) is 6.07 Å². The smallest absolute Gasteiger partial charge is 0.349 e. The van der Waals surface area contributed by atoms with Gasteiger partial charge in [0.1, 0.15) is 17.7 Å². The van der Waals surface area contributed by atoms with E-state index in [0.29, 0.717) is 23.3 Å². The molecule has 0 aliphatic heterocycles. The number of allylic oxidation sites excluding steroid dienone is 5. The number of ketones is 1. The van der Waals surface area contributed by atoms with Gasteiger partial charge in [-0.05, 0) is 60.5 Å². The quantitative estimate of drug-likeness (QED) is 0.454. The molecule has 3 atom stereocenters. The Bertz CT molecular complexity index is 601. The number of hydrogen-bond acceptors (Lipinski definition) is 4. The van der Waals surface area contributed by atoms with Crippen LogP contribution in [-0.2, 0) is 14.3 Å². The van der Waals surface area contributed by atoms with Crippen molar-refractivity contribution in [2.75, 3.05) is 0 Å². The predicted octanol–water partition coefficient (Wildman–Crippen LogP) is 3.51. The molecule has 23 heavy (non-hydrogen) atoms. The molecule has 0 bridgehead atoms. The summed E-state index contributed by atoms with van der Waals surface area (Å²) in [6.07, 6.45) is 8.57. The number of carbonyl (C=O) groups is 2. The van der Waals surface area contributed by atoms with E-state index in [9.17, 15) is 14.9 Å². The summed E-state index contributed by atoms with van der Waals surface area (Å²) in [5, 5.41) is 9.31. The summed E-state index contributed by atoms with van der Waals surface area (Å²) in [6, 6.07) is 1.92. The van der Waals surface area contributed by atoms with Crippen molar-refractivity contribution in [1.82, 2.24) is 0 Å². The summed E-state index contributed by atoms with van der Waals surface area (Å²) in [5.74, 6) is 0.550. The van der Waals surface area contributed by atoms with Gasteiger partial charge < -0.3 is 4.74 Å². The molecule has 2 aliphatic rings. The molecule has 0 radical (unpaired) electrons. The molecule has 0 N–H and O–H groups in total. The van der Waals surface area contributed by atoms with E-state index >= 15 is 0 Å². The number of nitriles is 1. The predicted molar refractivity (Wildman–Crippen MR) is 87.1 cm³/mol. The summed E-state index contributed by atoms with van der Waals surface area (Å²) < 4.78 is 5.70. The second-order valence-electron chi connectivity index (χ2n) is 6.78. The van der Waals surface area contributed by atoms with Crippen LogP contribution < -0.4 is 0 Å². The highest BCUT2D eigenvalue weighted by molar-refractivity contribution is 6.03. The standard InChI is InChI=1S/C19H23NO3/c1-12(2)16-9-4-13(3)10-18(16)23-19(22)17(11-20)14-5-7-15(21)8-6-14/h5-8,12-13,16,18H,4,9-10H2,1-3H3/t13-,16+,18-/m0/s1. The van der Waals surface area contributed by atoms with E-state index in [2.05, 4.69) is 20.8 Å². The average molecular weight is 313 g/mol. The zero-order valence-electron chi connectivity index (χ0n) is 13.9. The van der Waals surface area contributed by atoms with Crippen LogP contribution in [0.3, 0.4) is 0 Å². The molecule has 122 valence electrons. The van der Waals surface area contributed by atoms with Crippen LogP contribution in [0.2, 0.25) is 0 Å². The molecule has 0 saturated heterocycles. The van der Waals surface area contributed by atoms with E-state index in [-0.39, 0.29) is 17.5 Å². The maximum absolute atomic E-state index is 12.4. The third-order valence-electron chi connectivity index (χ3n) is 4.68. The Hall–Kier alpha value is -2.15. The number of nitrogens with zero attached hydrogens (tertiary/aromatic N) is 1. The molecular weight excluding hydrogens is 290 g/mol. The lowest BCUT2D eigenvalue weighted by atomic mass is 9.75. The zero-order chi connectivity index (χ0) is 17.0. The SMILES string of the molecule is CC(C)[C@H]1CC[C@H](C)C[C@@H]1OC(=O)C(C#N)=C1C=CC(=O)C=C1. The van der Waals surface area contributed by atoms with E-state index in [1.807, 2.05) is 6.07 Å². The second-order valence-corrected chi connectivity index (χ2v) is 6.78. The lowest BCUT2D eigenvalue weighted by molar-refractivity contribution is -0.150. The van der Waals surface area contributed by atoms with Crippen LogP contribution in [0, 0.1) is 29.1 Å². The van der Waals surface area contributed by atoms with Crippen LogP contribution in [0.5, 0.6) is 0 Å². The number of ether oxygens (including phenoxy) is 1. The minimum atomic E-state index is -0.587. The van der Waals surface area contributed by atoms with Crippen LogP contribution in [0.25, 0.3) is 0 Å². The number of carbonyl (C=O) groups excluding carboxylic acids is 2. The van der Waals surface area contributed by atoms with E-state index in [0.717, 1.165) is 19.3 Å². The van der Waals surface area contributed by atoms with Gasteiger partial charge in [-0.2, -0.15) is 5.26 Å². The zero-order valence-corrected chi connectivity index (χ0v) is 13.9. The van der Waals surface area contributed by atoms with Gasteiger partial charge in [-0.3, -0.25) is 4.79 Å². The Kier molecular flexibility index (Phi) is 5.54. The Morgan fingerprint density at radius 2 is 1.91 bits per heavy atom. The minimum Gasteiger partial charge on any atom is -0.458 e. The molecule has 0 heterocycles. The first kappa shape index (κ1) is 17.2. The van der Waals surface area contributed by atoms with Gasteiger partial charge in [0.15, 0.2) is 5.78 Å². The summed E-state index contributed by atoms with van der Waals surface area (Å²) in [4.78, 5) is 23.6. The first-order valence-corrected chi connectivity index (χ1v) is 8.17. The molecule has 0 spiro atoms. The fourth-order valence-electron chi connectivity index (χ4n) is 3.30. The molecule has 4 nitrogen and oxygen atoms in total. The molecule has 0 amide bonds. The fourth-order valence-corrected chi connectivity index (χ4v) is 3.30. The number of esters is 1. The van der Waals surface area contributed by atoms with Gasteiger partial charge in [-0.15, -0.1) is 0 Å². The second kappa shape index (κ2) is 7.41. The largest absolute Gasteiger partial charge is 0.458 e. The average Bonchev–Trinajstić information content (AvgIpc) is 2.49. The van der Waals surface area contributed by atoms with Gasteiger partial charge in [0, 0.05) is 0 Å². The van der Waals surface area contributed by atoms with E-state index in [4.69, 9.17) is 4.74 Å². The summed E-state index contributed by atoms with van der Waals surface area (Å²) in [7, 11) is 0. The maximum atomic E-state index is 12.4. The minimum absolute atomic E-state index is 0.0364. The van der Waals surface area contributed by atoms with E-state index in [1.54, 1.807) is 0 Å². The molecule has 0 unspecified atom stereocenters. The van der Waals surface area contributed by atoms with E-state index < -0.39 is 5.97 Å². The molecule has 0 aromatic heterocycles. The Labute approximate surface area is 137 Å². The van der Waals surface area contributed by atoms with Crippen molar-refractivity contribution >= 4 is 11.8 Å². The monoisotopic (exact) mass is 313 g/mol. The van der Waals surface area contributed by atoms with Crippen molar-refractivity contribution in [3.63, 3.8) is 0 Å². The first-order valence-electron chi connectivity index (χ1n) is 8.17. The third kappa shape index (κ3) is 4.19. The van der Waals surface area contributed by atoms with Gasteiger partial charge >= 0.3 is 5.97 Å². The summed E-state index contributed by atoms with van der Waals surface area (Å²) in [6.45, 7) is 6.45. The summed E-state index contributed by atoms with van der Waals surface area (Å²) in [5.41, 5.74) is 0.396. The molecular formula is C19H23NO3. The number of rotatable bonds is 3. The van der Waals surface area contributed by atoms with Gasteiger partial charge in [-0.1, -0.05) is 27.2 Å². The topological polar surface area (TPSA) is 67.2 Å². The first-order chi connectivity index (χ1) is 10.9. The van der Waals surface area contributed by atoms with Crippen molar-refractivity contribution in [2.45, 2.75) is 46.1 Å². The molecule has 1 saturated carbocycles. The third-order valence-corrected chi connectivity index (χ3v) is 4.68. The van der Waals surface area contributed by atoms with Crippen LogP contribution in [0.15, 0.2) is 35.5 Å². The fraction of sp³-hybridized carbons (Fsp3) is 0.526. The van der Waals surface area contributed by atoms with Crippen LogP contribution in [0.1, 0.15) is 40.0 Å². The lowest BCUT2D eigenvalue weighted by Gasteiger charge is -2.36. The van der Waals surface area contributed by atoms with Crippen LogP contribution in [0.4, 0.5) is 0 Å². The number of hydrogen-bond donors (Lipinski definition) is 0. The maximum Gasteiger partial charge on any atom is 0.349 e. The van der Waals surface area contributed by atoms with Gasteiger partial charge in [0.05, 0.1) is 0 Å². The van der Waals surface area contributed by atoms with Gasteiger partial charge in [-0.25, -0.2) is 4.79 Å². The Morgan fingerprint density at radius 3 is 2.48 bits per heavy atom. The van der Waals surface area contributed by atoms with Crippen molar-refractivity contribution in [2.24, 2.45) is 17.8 Å². The molecule has 2 aliphatic carbocycles. The summed E-state index contributed by atoms with van der Waals surface area (Å²) >= 11 is 0. The Balaban J connectivity index is 2.17. The molecule has 4 heteroatoms. The van der Waals surface area contributed by atoms with E-state index in [1.165, 1.54) is 24.3 Å². The molecule has 0 aromatic carbocycles. The van der Waals surface area contributed by atoms with Gasteiger partial charge in [0.2, 0.25) is 0 Å². The van der Waals surface area contributed by atoms with Crippen molar-refractivity contribution in [3.05, 3.63) is 35.5 Å².